The summed E-state index contributed by atoms with van der Waals surface area (Å²) in [5.74, 6) is 2.25. The maximum Gasteiger partial charge on any atom is -0.0383 e. The van der Waals surface area contributed by atoms with Crippen molar-refractivity contribution in [1.82, 2.24) is 0 Å². The Bertz CT molecular complexity index is 161. The summed E-state index contributed by atoms with van der Waals surface area (Å²) in [7, 11) is 0. The van der Waals surface area contributed by atoms with Gasteiger partial charge in [-0.1, -0.05) is 90.9 Å². The highest BCUT2D eigenvalue weighted by Gasteiger charge is 2.33. The molecule has 17 heavy (non-hydrogen) atoms. The molecule has 1 rings (SSSR count). The summed E-state index contributed by atoms with van der Waals surface area (Å²) in [4.78, 5) is 0. The van der Waals surface area contributed by atoms with Crippen molar-refractivity contribution in [2.24, 2.45) is 11.8 Å². The molecule has 0 heteroatoms. The van der Waals surface area contributed by atoms with Gasteiger partial charge in [0.2, 0.25) is 0 Å². The summed E-state index contributed by atoms with van der Waals surface area (Å²) in [6.07, 6.45) is 19.3. The van der Waals surface area contributed by atoms with Gasteiger partial charge in [0.15, 0.2) is 0 Å². The molecule has 1 saturated carbocycles. The standard InChI is InChI=1S/C17H34/c1-3-5-6-7-8-9-10-11-12-13-14-17-15-16(17)4-2/h16-17H,3-15H2,1-2H3. The van der Waals surface area contributed by atoms with Crippen LogP contribution < -0.4 is 0 Å². The molecule has 0 saturated heterocycles. The molecule has 0 aromatic carbocycles. The number of rotatable bonds is 12. The fourth-order valence-corrected chi connectivity index (χ4v) is 3.06. The van der Waals surface area contributed by atoms with Gasteiger partial charge in [-0.2, -0.15) is 0 Å². The Morgan fingerprint density at radius 1 is 0.647 bits per heavy atom. The van der Waals surface area contributed by atoms with Crippen molar-refractivity contribution in [3.05, 3.63) is 0 Å². The molecule has 0 aliphatic heterocycles. The normalized spacial score (nSPS) is 22.9. The fraction of sp³-hybridized carbons (Fsp3) is 1.00. The van der Waals surface area contributed by atoms with Crippen LogP contribution in [0.25, 0.3) is 0 Å². The third-order valence-corrected chi connectivity index (χ3v) is 4.52. The van der Waals surface area contributed by atoms with E-state index in [0.29, 0.717) is 0 Å². The first-order chi connectivity index (χ1) is 8.38. The van der Waals surface area contributed by atoms with Crippen LogP contribution in [0.4, 0.5) is 0 Å². The Hall–Kier alpha value is 0. The van der Waals surface area contributed by atoms with Gasteiger partial charge in [-0.05, 0) is 18.3 Å². The molecule has 1 fully saturated rings. The van der Waals surface area contributed by atoms with E-state index in [1.54, 1.807) is 6.42 Å². The van der Waals surface area contributed by atoms with Crippen LogP contribution in [0.5, 0.6) is 0 Å². The molecule has 2 unspecified atom stereocenters. The lowest BCUT2D eigenvalue weighted by Gasteiger charge is -2.02. The third-order valence-electron chi connectivity index (χ3n) is 4.52. The topological polar surface area (TPSA) is 0 Å². The maximum atomic E-state index is 2.35. The molecule has 1 aliphatic carbocycles. The third kappa shape index (κ3) is 7.84. The Morgan fingerprint density at radius 3 is 1.65 bits per heavy atom. The van der Waals surface area contributed by atoms with Crippen LogP contribution in [0.3, 0.4) is 0 Å². The second-order valence-corrected chi connectivity index (χ2v) is 6.13. The van der Waals surface area contributed by atoms with Gasteiger partial charge in [0.1, 0.15) is 0 Å². The molecular weight excluding hydrogens is 204 g/mol. The molecule has 2 atom stereocenters. The minimum Gasteiger partial charge on any atom is -0.0654 e. The van der Waals surface area contributed by atoms with Gasteiger partial charge in [0.05, 0.1) is 0 Å². The first-order valence-electron chi connectivity index (χ1n) is 8.38. The van der Waals surface area contributed by atoms with Crippen molar-refractivity contribution in [3.63, 3.8) is 0 Å². The van der Waals surface area contributed by atoms with Gasteiger partial charge in [0.25, 0.3) is 0 Å². The minimum atomic E-state index is 1.12. The Kier molecular flexibility index (Phi) is 8.83. The van der Waals surface area contributed by atoms with E-state index in [0.717, 1.165) is 11.8 Å². The molecule has 0 aromatic rings. The summed E-state index contributed by atoms with van der Waals surface area (Å²) in [5, 5.41) is 0. The van der Waals surface area contributed by atoms with Crippen molar-refractivity contribution < 1.29 is 0 Å². The summed E-state index contributed by atoms with van der Waals surface area (Å²) >= 11 is 0. The summed E-state index contributed by atoms with van der Waals surface area (Å²) in [6.45, 7) is 4.65. The van der Waals surface area contributed by atoms with E-state index in [1.165, 1.54) is 77.0 Å². The molecule has 0 N–H and O–H groups in total. The van der Waals surface area contributed by atoms with Gasteiger partial charge in [-0.15, -0.1) is 0 Å². The molecule has 0 spiro atoms. The van der Waals surface area contributed by atoms with Gasteiger partial charge in [0, 0.05) is 0 Å². The molecule has 0 aromatic heterocycles. The van der Waals surface area contributed by atoms with E-state index in [2.05, 4.69) is 13.8 Å². The van der Waals surface area contributed by atoms with E-state index < -0.39 is 0 Å². The quantitative estimate of drug-likeness (QED) is 0.348. The van der Waals surface area contributed by atoms with Crippen molar-refractivity contribution in [2.45, 2.75) is 97.3 Å². The predicted molar refractivity (Wildman–Crippen MR) is 78.3 cm³/mol. The molecular formula is C17H34. The number of unbranched alkanes of at least 4 members (excludes halogenated alkanes) is 9. The van der Waals surface area contributed by atoms with Crippen molar-refractivity contribution in [3.8, 4) is 0 Å². The summed E-state index contributed by atoms with van der Waals surface area (Å²) in [5.41, 5.74) is 0. The number of hydrogen-bond donors (Lipinski definition) is 0. The highest BCUT2D eigenvalue weighted by Crippen LogP contribution is 2.44. The molecule has 102 valence electrons. The minimum absolute atomic E-state index is 1.12. The van der Waals surface area contributed by atoms with Crippen LogP contribution in [0.15, 0.2) is 0 Å². The molecule has 0 heterocycles. The second kappa shape index (κ2) is 9.97. The smallest absolute Gasteiger partial charge is 0.0383 e. The molecule has 0 bridgehead atoms. The zero-order valence-corrected chi connectivity index (χ0v) is 12.3. The molecule has 0 radical (unpaired) electrons. The molecule has 0 amide bonds. The van der Waals surface area contributed by atoms with Crippen LogP contribution in [0.1, 0.15) is 97.3 Å². The lowest BCUT2D eigenvalue weighted by atomic mass is 10.0. The average molecular weight is 238 g/mol. The highest BCUT2D eigenvalue weighted by atomic mass is 14.4. The van der Waals surface area contributed by atoms with Crippen LogP contribution in [-0.4, -0.2) is 0 Å². The number of hydrogen-bond acceptors (Lipinski definition) is 0. The zero-order valence-electron chi connectivity index (χ0n) is 12.3. The predicted octanol–water partition coefficient (Wildman–Crippen LogP) is 6.34. The van der Waals surface area contributed by atoms with E-state index in [1.807, 2.05) is 0 Å². The molecule has 1 aliphatic rings. The summed E-state index contributed by atoms with van der Waals surface area (Å²) < 4.78 is 0. The highest BCUT2D eigenvalue weighted by molar-refractivity contribution is 4.84. The van der Waals surface area contributed by atoms with Crippen LogP contribution in [-0.2, 0) is 0 Å². The van der Waals surface area contributed by atoms with Gasteiger partial charge >= 0.3 is 0 Å². The fourth-order valence-electron chi connectivity index (χ4n) is 3.06. The van der Waals surface area contributed by atoms with Crippen molar-refractivity contribution in [1.29, 1.82) is 0 Å². The zero-order chi connectivity index (χ0) is 12.3. The lowest BCUT2D eigenvalue weighted by Crippen LogP contribution is -1.84. The van der Waals surface area contributed by atoms with E-state index >= 15 is 0 Å². The largest absolute Gasteiger partial charge is 0.0654 e. The lowest BCUT2D eigenvalue weighted by molar-refractivity contribution is 0.528. The SMILES string of the molecule is CCCCCCCCCCCCC1CC1CC. The Morgan fingerprint density at radius 2 is 1.18 bits per heavy atom. The average Bonchev–Trinajstić information content (AvgIpc) is 3.10. The first-order valence-corrected chi connectivity index (χ1v) is 8.38. The van der Waals surface area contributed by atoms with Gasteiger partial charge in [-0.25, -0.2) is 0 Å². The maximum absolute atomic E-state index is 2.35. The van der Waals surface area contributed by atoms with Crippen LogP contribution >= 0.6 is 0 Å². The molecule has 0 nitrogen and oxygen atoms in total. The second-order valence-electron chi connectivity index (χ2n) is 6.13. The van der Waals surface area contributed by atoms with E-state index in [-0.39, 0.29) is 0 Å². The Labute approximate surface area is 110 Å². The van der Waals surface area contributed by atoms with Gasteiger partial charge < -0.3 is 0 Å². The summed E-state index contributed by atoms with van der Waals surface area (Å²) in [6, 6.07) is 0. The van der Waals surface area contributed by atoms with E-state index in [4.69, 9.17) is 0 Å². The van der Waals surface area contributed by atoms with Crippen LogP contribution in [0, 0.1) is 11.8 Å². The Balaban J connectivity index is 1.68. The van der Waals surface area contributed by atoms with E-state index in [9.17, 15) is 0 Å². The monoisotopic (exact) mass is 238 g/mol. The van der Waals surface area contributed by atoms with Crippen molar-refractivity contribution in [2.75, 3.05) is 0 Å². The first kappa shape index (κ1) is 15.1. The van der Waals surface area contributed by atoms with Crippen LogP contribution in [0.2, 0.25) is 0 Å². The van der Waals surface area contributed by atoms with Gasteiger partial charge in [-0.3, -0.25) is 0 Å². The van der Waals surface area contributed by atoms with Crippen molar-refractivity contribution >= 4 is 0 Å².